The number of esters is 1. The molecule has 0 heterocycles. The predicted octanol–water partition coefficient (Wildman–Crippen LogP) is 12.9. The third-order valence-electron chi connectivity index (χ3n) is 9.79. The van der Waals surface area contributed by atoms with Crippen LogP contribution in [0.15, 0.2) is 36.5 Å². The molecule has 10 heteroatoms. The Balaban J connectivity index is 3.60. The minimum Gasteiger partial charge on any atom is -0.463 e. The Labute approximate surface area is 343 Å². The lowest BCUT2D eigenvalue weighted by Gasteiger charge is -2.15. The zero-order chi connectivity index (χ0) is 41.1. The number of hydrogen-bond donors (Lipinski definition) is 3. The number of carbonyl (C=O) groups excluding carboxylic acids is 2. The van der Waals surface area contributed by atoms with Crippen molar-refractivity contribution in [3.63, 3.8) is 0 Å². The number of allylic oxidation sites excluding steroid dienone is 6. The summed E-state index contributed by atoms with van der Waals surface area (Å²) in [5.41, 5.74) is 0. The summed E-state index contributed by atoms with van der Waals surface area (Å²) in [5, 5.41) is 12.7. The summed E-state index contributed by atoms with van der Waals surface area (Å²) >= 11 is 0. The first-order chi connectivity index (χ1) is 27.3. The van der Waals surface area contributed by atoms with Gasteiger partial charge < -0.3 is 20.1 Å². The molecule has 0 aliphatic rings. The molecule has 2 atom stereocenters. The van der Waals surface area contributed by atoms with Gasteiger partial charge >= 0.3 is 13.8 Å². The third kappa shape index (κ3) is 43.4. The third-order valence-corrected chi connectivity index (χ3v) is 10.8. The van der Waals surface area contributed by atoms with E-state index in [1.54, 1.807) is 0 Å². The molecule has 3 N–H and O–H groups in total. The second-order valence-electron chi connectivity index (χ2n) is 15.4. The van der Waals surface area contributed by atoms with Gasteiger partial charge in [-0.15, -0.1) is 0 Å². The van der Waals surface area contributed by atoms with Crippen LogP contribution in [-0.2, 0) is 27.9 Å². The molecule has 0 saturated heterocycles. The minimum absolute atomic E-state index is 0.0742. The molecule has 0 spiro atoms. The normalized spacial score (nSPS) is 13.6. The first-order valence-electron chi connectivity index (χ1n) is 23.0. The standard InChI is InChI=1S/C46H86NO8P/c1-3-5-7-9-11-13-15-17-19-21-22-23-25-27-29-31-33-35-37-39-46(50)53-42-44(48)43-55-56(51,52)54-41-40-47-45(49)38-36-34-32-30-28-26-24-20-18-16-14-12-10-8-6-4-2/h14,16-17,19-20,24,44,48H,3-13,15,18,21-23,25-43H2,1-2H3,(H,47,49)(H,51,52)/b16-14-,19-17+,24-20-. The Bertz CT molecular complexity index is 1020. The molecule has 0 saturated carbocycles. The number of phosphoric ester groups is 1. The van der Waals surface area contributed by atoms with Crippen molar-refractivity contribution in [2.45, 2.75) is 219 Å². The molecular weight excluding hydrogens is 725 g/mol. The average Bonchev–Trinajstić information content (AvgIpc) is 3.18. The fourth-order valence-electron chi connectivity index (χ4n) is 6.29. The number of rotatable bonds is 43. The highest BCUT2D eigenvalue weighted by Crippen LogP contribution is 2.42. The van der Waals surface area contributed by atoms with Crippen LogP contribution in [0.1, 0.15) is 213 Å². The van der Waals surface area contributed by atoms with Gasteiger partial charge in [-0.25, -0.2) is 4.57 Å². The Morgan fingerprint density at radius 1 is 0.554 bits per heavy atom. The van der Waals surface area contributed by atoms with Gasteiger partial charge in [0.15, 0.2) is 0 Å². The molecule has 2 unspecified atom stereocenters. The zero-order valence-corrected chi connectivity index (χ0v) is 37.0. The van der Waals surface area contributed by atoms with E-state index in [4.69, 9.17) is 13.8 Å². The summed E-state index contributed by atoms with van der Waals surface area (Å²) in [6.07, 6.45) is 47.8. The van der Waals surface area contributed by atoms with E-state index in [9.17, 15) is 24.2 Å². The Morgan fingerprint density at radius 3 is 1.46 bits per heavy atom. The molecule has 328 valence electrons. The Morgan fingerprint density at radius 2 is 0.964 bits per heavy atom. The van der Waals surface area contributed by atoms with Crippen molar-refractivity contribution in [3.8, 4) is 0 Å². The topological polar surface area (TPSA) is 131 Å². The predicted molar refractivity (Wildman–Crippen MR) is 234 cm³/mol. The second kappa shape index (κ2) is 42.8. The van der Waals surface area contributed by atoms with E-state index in [1.165, 1.54) is 122 Å². The Hall–Kier alpha value is -1.77. The van der Waals surface area contributed by atoms with Gasteiger partial charge in [-0.2, -0.15) is 0 Å². The molecule has 0 fully saturated rings. The lowest BCUT2D eigenvalue weighted by molar-refractivity contribution is -0.147. The maximum Gasteiger partial charge on any atom is 0.472 e. The van der Waals surface area contributed by atoms with Gasteiger partial charge in [0, 0.05) is 19.4 Å². The number of nitrogens with one attached hydrogen (secondary N) is 1. The molecule has 0 rings (SSSR count). The summed E-state index contributed by atoms with van der Waals surface area (Å²) in [6, 6.07) is 0. The van der Waals surface area contributed by atoms with E-state index < -0.39 is 26.5 Å². The van der Waals surface area contributed by atoms with Gasteiger partial charge in [-0.05, 0) is 70.6 Å². The molecule has 0 aliphatic carbocycles. The number of unbranched alkanes of at least 4 members (excludes halogenated alkanes) is 24. The molecule has 0 bridgehead atoms. The first-order valence-corrected chi connectivity index (χ1v) is 24.5. The quantitative estimate of drug-likeness (QED) is 0.0240. The van der Waals surface area contributed by atoms with E-state index in [0.29, 0.717) is 6.42 Å². The number of aliphatic hydroxyl groups is 1. The minimum atomic E-state index is -4.42. The summed E-state index contributed by atoms with van der Waals surface area (Å²) in [5.74, 6) is -0.529. The SMILES string of the molecule is CCCCCC/C=C\C/C=C\CCCCCCCC(=O)NCCOP(=O)(O)OCC(O)COC(=O)CCCCCCCCCCC/C=C/CCCCCCCC. The summed E-state index contributed by atoms with van der Waals surface area (Å²) < 4.78 is 26.9. The molecule has 0 radical (unpaired) electrons. The molecule has 0 aliphatic heterocycles. The second-order valence-corrected chi connectivity index (χ2v) is 16.8. The number of amides is 1. The van der Waals surface area contributed by atoms with Crippen LogP contribution in [-0.4, -0.2) is 54.3 Å². The maximum absolute atomic E-state index is 12.1. The molecule has 1 amide bonds. The van der Waals surface area contributed by atoms with Crippen molar-refractivity contribution >= 4 is 19.7 Å². The molecule has 0 aromatic carbocycles. The van der Waals surface area contributed by atoms with Crippen LogP contribution in [0.2, 0.25) is 0 Å². The van der Waals surface area contributed by atoms with Gasteiger partial charge in [0.25, 0.3) is 0 Å². The van der Waals surface area contributed by atoms with E-state index in [2.05, 4.69) is 55.6 Å². The van der Waals surface area contributed by atoms with Crippen molar-refractivity contribution in [3.05, 3.63) is 36.5 Å². The smallest absolute Gasteiger partial charge is 0.463 e. The van der Waals surface area contributed by atoms with E-state index in [1.807, 2.05) is 0 Å². The van der Waals surface area contributed by atoms with Crippen LogP contribution >= 0.6 is 7.82 Å². The highest BCUT2D eigenvalue weighted by Gasteiger charge is 2.23. The number of hydrogen-bond acceptors (Lipinski definition) is 7. The van der Waals surface area contributed by atoms with Crippen molar-refractivity contribution in [1.82, 2.24) is 5.32 Å². The molecule has 0 aromatic rings. The van der Waals surface area contributed by atoms with Crippen LogP contribution in [0.25, 0.3) is 0 Å². The fourth-order valence-corrected chi connectivity index (χ4v) is 7.04. The monoisotopic (exact) mass is 812 g/mol. The summed E-state index contributed by atoms with van der Waals surface area (Å²) in [7, 11) is -4.42. The van der Waals surface area contributed by atoms with Gasteiger partial charge in [0.1, 0.15) is 12.7 Å². The lowest BCUT2D eigenvalue weighted by Crippen LogP contribution is -2.27. The molecular formula is C46H86NO8P. The van der Waals surface area contributed by atoms with Gasteiger partial charge in [0.2, 0.25) is 5.91 Å². The van der Waals surface area contributed by atoms with Crippen LogP contribution in [0.4, 0.5) is 0 Å². The van der Waals surface area contributed by atoms with Crippen molar-refractivity contribution < 1.29 is 37.9 Å². The van der Waals surface area contributed by atoms with Crippen LogP contribution in [0.3, 0.4) is 0 Å². The van der Waals surface area contributed by atoms with Crippen molar-refractivity contribution in [1.29, 1.82) is 0 Å². The largest absolute Gasteiger partial charge is 0.472 e. The Kier molecular flexibility index (Phi) is 41.5. The maximum atomic E-state index is 12.1. The number of ether oxygens (including phenoxy) is 1. The van der Waals surface area contributed by atoms with Gasteiger partial charge in [-0.1, -0.05) is 166 Å². The zero-order valence-electron chi connectivity index (χ0n) is 36.1. The molecule has 0 aromatic heterocycles. The van der Waals surface area contributed by atoms with Crippen molar-refractivity contribution in [2.75, 3.05) is 26.4 Å². The number of carbonyl (C=O) groups is 2. The highest BCUT2D eigenvalue weighted by molar-refractivity contribution is 7.47. The average molecular weight is 812 g/mol. The van der Waals surface area contributed by atoms with Crippen molar-refractivity contribution in [2.24, 2.45) is 0 Å². The lowest BCUT2D eigenvalue weighted by atomic mass is 10.1. The first kappa shape index (κ1) is 54.2. The highest BCUT2D eigenvalue weighted by atomic mass is 31.2. The number of phosphoric acid groups is 1. The van der Waals surface area contributed by atoms with E-state index in [-0.39, 0.29) is 32.1 Å². The molecule has 9 nitrogen and oxygen atoms in total. The van der Waals surface area contributed by atoms with Crippen LogP contribution in [0, 0.1) is 0 Å². The fraction of sp³-hybridized carbons (Fsp3) is 0.826. The van der Waals surface area contributed by atoms with E-state index >= 15 is 0 Å². The van der Waals surface area contributed by atoms with E-state index in [0.717, 1.165) is 64.2 Å². The van der Waals surface area contributed by atoms with Gasteiger partial charge in [-0.3, -0.25) is 18.6 Å². The molecule has 56 heavy (non-hydrogen) atoms. The summed E-state index contributed by atoms with van der Waals surface area (Å²) in [4.78, 5) is 33.9. The van der Waals surface area contributed by atoms with Gasteiger partial charge in [0.05, 0.1) is 13.2 Å². The van der Waals surface area contributed by atoms with Crippen LogP contribution in [0.5, 0.6) is 0 Å². The van der Waals surface area contributed by atoms with Crippen LogP contribution < -0.4 is 5.32 Å². The summed E-state index contributed by atoms with van der Waals surface area (Å²) in [6.45, 7) is 3.53. The number of aliphatic hydroxyl groups excluding tert-OH is 1.